The van der Waals surface area contributed by atoms with Gasteiger partial charge in [0.15, 0.2) is 0 Å². The minimum atomic E-state index is 0.0214. The van der Waals surface area contributed by atoms with E-state index in [1.54, 1.807) is 18.2 Å². The van der Waals surface area contributed by atoms with Gasteiger partial charge in [-0.3, -0.25) is 4.79 Å². The van der Waals surface area contributed by atoms with Crippen LogP contribution >= 0.6 is 28.1 Å². The average molecular weight is 329 g/mol. The minimum absolute atomic E-state index is 0.0214. The first kappa shape index (κ1) is 15.1. The molecular formula is C13H17BrN2OS. The largest absolute Gasteiger partial charge is 0.389 e. The highest BCUT2D eigenvalue weighted by atomic mass is 79.9. The van der Waals surface area contributed by atoms with Gasteiger partial charge in [0.2, 0.25) is 5.91 Å². The second-order valence-corrected chi connectivity index (χ2v) is 5.62. The fraction of sp³-hybridized carbons (Fsp3) is 0.385. The SMILES string of the molecule is CCC(C)CC(=O)Nc1ccc(C(N)=S)cc1Br. The molecule has 3 nitrogen and oxygen atoms in total. The van der Waals surface area contributed by atoms with Crippen LogP contribution in [0.25, 0.3) is 0 Å². The van der Waals surface area contributed by atoms with Crippen molar-refractivity contribution < 1.29 is 4.79 Å². The van der Waals surface area contributed by atoms with E-state index in [9.17, 15) is 4.79 Å². The van der Waals surface area contributed by atoms with E-state index in [0.717, 1.165) is 22.1 Å². The molecule has 0 bridgehead atoms. The van der Waals surface area contributed by atoms with Crippen LogP contribution in [0.15, 0.2) is 22.7 Å². The molecule has 0 radical (unpaired) electrons. The first-order valence-electron chi connectivity index (χ1n) is 5.83. The lowest BCUT2D eigenvalue weighted by atomic mass is 10.0. The van der Waals surface area contributed by atoms with Gasteiger partial charge in [-0.05, 0) is 40.0 Å². The maximum Gasteiger partial charge on any atom is 0.224 e. The average Bonchev–Trinajstić information content (AvgIpc) is 2.31. The Labute approximate surface area is 121 Å². The molecule has 18 heavy (non-hydrogen) atoms. The second kappa shape index (κ2) is 6.85. The third-order valence-corrected chi connectivity index (χ3v) is 3.65. The Morgan fingerprint density at radius 3 is 2.72 bits per heavy atom. The van der Waals surface area contributed by atoms with Crippen LogP contribution < -0.4 is 11.1 Å². The zero-order valence-electron chi connectivity index (χ0n) is 10.5. The minimum Gasteiger partial charge on any atom is -0.389 e. The number of amides is 1. The first-order chi connectivity index (χ1) is 8.43. The lowest BCUT2D eigenvalue weighted by molar-refractivity contribution is -0.117. The second-order valence-electron chi connectivity index (χ2n) is 4.32. The van der Waals surface area contributed by atoms with Gasteiger partial charge in [0.25, 0.3) is 0 Å². The van der Waals surface area contributed by atoms with Crippen LogP contribution in [0.4, 0.5) is 5.69 Å². The van der Waals surface area contributed by atoms with Crippen LogP contribution in [0.5, 0.6) is 0 Å². The van der Waals surface area contributed by atoms with Crippen molar-refractivity contribution in [3.63, 3.8) is 0 Å². The molecule has 0 aromatic heterocycles. The summed E-state index contributed by atoms with van der Waals surface area (Å²) >= 11 is 8.29. The van der Waals surface area contributed by atoms with Crippen molar-refractivity contribution in [1.82, 2.24) is 0 Å². The van der Waals surface area contributed by atoms with Crippen LogP contribution in [0, 0.1) is 5.92 Å². The van der Waals surface area contributed by atoms with Crippen molar-refractivity contribution in [2.45, 2.75) is 26.7 Å². The zero-order valence-corrected chi connectivity index (χ0v) is 12.9. The predicted octanol–water partition coefficient (Wildman–Crippen LogP) is 3.46. The Kier molecular flexibility index (Phi) is 5.75. The van der Waals surface area contributed by atoms with E-state index in [4.69, 9.17) is 18.0 Å². The molecule has 1 atom stereocenters. The summed E-state index contributed by atoms with van der Waals surface area (Å²) in [6.07, 6.45) is 1.52. The topological polar surface area (TPSA) is 55.1 Å². The summed E-state index contributed by atoms with van der Waals surface area (Å²) in [5.41, 5.74) is 7.06. The molecule has 1 rings (SSSR count). The van der Waals surface area contributed by atoms with Gasteiger partial charge >= 0.3 is 0 Å². The molecule has 0 heterocycles. The molecular weight excluding hydrogens is 312 g/mol. The Morgan fingerprint density at radius 1 is 1.56 bits per heavy atom. The van der Waals surface area contributed by atoms with E-state index in [-0.39, 0.29) is 5.91 Å². The first-order valence-corrected chi connectivity index (χ1v) is 7.03. The highest BCUT2D eigenvalue weighted by molar-refractivity contribution is 9.10. The number of nitrogens with one attached hydrogen (secondary N) is 1. The lowest BCUT2D eigenvalue weighted by Crippen LogP contribution is -2.15. The number of hydrogen-bond donors (Lipinski definition) is 2. The third kappa shape index (κ3) is 4.38. The number of hydrogen-bond acceptors (Lipinski definition) is 2. The Bertz CT molecular complexity index is 462. The van der Waals surface area contributed by atoms with Crippen LogP contribution in [-0.2, 0) is 4.79 Å². The number of carbonyl (C=O) groups is 1. The molecule has 1 amide bonds. The van der Waals surface area contributed by atoms with E-state index in [1.165, 1.54) is 0 Å². The molecule has 0 fully saturated rings. The fourth-order valence-electron chi connectivity index (χ4n) is 1.43. The molecule has 98 valence electrons. The molecule has 3 N–H and O–H groups in total. The third-order valence-electron chi connectivity index (χ3n) is 2.76. The van der Waals surface area contributed by atoms with Crippen LogP contribution in [-0.4, -0.2) is 10.9 Å². The standard InChI is InChI=1S/C13H17BrN2OS/c1-3-8(2)6-12(17)16-11-5-4-9(13(15)18)7-10(11)14/h4-5,7-8H,3,6H2,1-2H3,(H2,15,18)(H,16,17). The summed E-state index contributed by atoms with van der Waals surface area (Å²) in [6, 6.07) is 5.40. The molecule has 0 aliphatic rings. The molecule has 0 spiro atoms. The Morgan fingerprint density at radius 2 is 2.22 bits per heavy atom. The van der Waals surface area contributed by atoms with E-state index in [0.29, 0.717) is 17.3 Å². The number of rotatable bonds is 5. The van der Waals surface area contributed by atoms with Gasteiger partial charge in [-0.2, -0.15) is 0 Å². The number of benzene rings is 1. The smallest absolute Gasteiger partial charge is 0.224 e. The van der Waals surface area contributed by atoms with Gasteiger partial charge in [0.1, 0.15) is 4.99 Å². The number of thiocarbonyl (C=S) groups is 1. The summed E-state index contributed by atoms with van der Waals surface area (Å²) in [5, 5.41) is 2.87. The zero-order chi connectivity index (χ0) is 13.7. The molecule has 0 aliphatic heterocycles. The summed E-state index contributed by atoms with van der Waals surface area (Å²) in [4.78, 5) is 12.1. The summed E-state index contributed by atoms with van der Waals surface area (Å²) in [5.74, 6) is 0.410. The Hall–Kier alpha value is -0.940. The van der Waals surface area contributed by atoms with Gasteiger partial charge < -0.3 is 11.1 Å². The number of anilines is 1. The van der Waals surface area contributed by atoms with E-state index < -0.39 is 0 Å². The predicted molar refractivity (Wildman–Crippen MR) is 82.7 cm³/mol. The van der Waals surface area contributed by atoms with Crippen molar-refractivity contribution in [3.8, 4) is 0 Å². The normalized spacial score (nSPS) is 11.9. The van der Waals surface area contributed by atoms with Gasteiger partial charge in [-0.1, -0.05) is 32.5 Å². The number of halogens is 1. The highest BCUT2D eigenvalue weighted by Crippen LogP contribution is 2.24. The molecule has 0 saturated carbocycles. The fourth-order valence-corrected chi connectivity index (χ4v) is 2.04. The van der Waals surface area contributed by atoms with Crippen molar-refractivity contribution in [2.24, 2.45) is 11.7 Å². The summed E-state index contributed by atoms with van der Waals surface area (Å²) in [7, 11) is 0. The van der Waals surface area contributed by atoms with Crippen LogP contribution in [0.2, 0.25) is 0 Å². The monoisotopic (exact) mass is 328 g/mol. The maximum absolute atomic E-state index is 11.8. The van der Waals surface area contributed by atoms with Gasteiger partial charge in [0, 0.05) is 16.5 Å². The Balaban J connectivity index is 2.74. The van der Waals surface area contributed by atoms with E-state index in [2.05, 4.69) is 35.1 Å². The summed E-state index contributed by atoms with van der Waals surface area (Å²) in [6.45, 7) is 4.13. The van der Waals surface area contributed by atoms with Crippen LogP contribution in [0.3, 0.4) is 0 Å². The lowest BCUT2D eigenvalue weighted by Gasteiger charge is -2.11. The highest BCUT2D eigenvalue weighted by Gasteiger charge is 2.10. The molecule has 0 saturated heterocycles. The molecule has 1 aromatic rings. The van der Waals surface area contributed by atoms with Crippen molar-refractivity contribution in [1.29, 1.82) is 0 Å². The van der Waals surface area contributed by atoms with E-state index in [1.807, 2.05) is 0 Å². The van der Waals surface area contributed by atoms with Crippen molar-refractivity contribution in [2.75, 3.05) is 5.32 Å². The van der Waals surface area contributed by atoms with E-state index >= 15 is 0 Å². The number of nitrogens with two attached hydrogens (primary N) is 1. The van der Waals surface area contributed by atoms with Gasteiger partial charge in [-0.25, -0.2) is 0 Å². The van der Waals surface area contributed by atoms with Crippen molar-refractivity contribution >= 4 is 44.7 Å². The molecule has 5 heteroatoms. The van der Waals surface area contributed by atoms with Gasteiger partial charge in [-0.15, -0.1) is 0 Å². The van der Waals surface area contributed by atoms with Crippen LogP contribution in [0.1, 0.15) is 32.3 Å². The molecule has 0 aliphatic carbocycles. The quantitative estimate of drug-likeness (QED) is 0.814. The molecule has 1 unspecified atom stereocenters. The maximum atomic E-state index is 11.8. The van der Waals surface area contributed by atoms with Gasteiger partial charge in [0.05, 0.1) is 5.69 Å². The summed E-state index contributed by atoms with van der Waals surface area (Å²) < 4.78 is 0.783. The number of carbonyl (C=O) groups excluding carboxylic acids is 1. The van der Waals surface area contributed by atoms with Crippen molar-refractivity contribution in [3.05, 3.63) is 28.2 Å². The molecule has 1 aromatic carbocycles.